The first-order valence-electron chi connectivity index (χ1n) is 6.38. The Bertz CT molecular complexity index is 330. The lowest BCUT2D eigenvalue weighted by atomic mass is 10.0. The van der Waals surface area contributed by atoms with Crippen LogP contribution in [0.3, 0.4) is 0 Å². The molecule has 0 radical (unpaired) electrons. The van der Waals surface area contributed by atoms with Gasteiger partial charge in [-0.1, -0.05) is 20.3 Å². The molecular formula is C13H22N2S. The zero-order valence-electron chi connectivity index (χ0n) is 10.5. The molecule has 2 atom stereocenters. The fourth-order valence-electron chi connectivity index (χ4n) is 1.74. The normalized spacial score (nSPS) is 19.7. The van der Waals surface area contributed by atoms with Crippen molar-refractivity contribution in [3.05, 3.63) is 16.1 Å². The van der Waals surface area contributed by atoms with Crippen LogP contribution in [0.25, 0.3) is 0 Å². The van der Waals surface area contributed by atoms with Crippen molar-refractivity contribution in [1.82, 2.24) is 10.3 Å². The molecule has 0 aromatic carbocycles. The predicted octanol–water partition coefficient (Wildman–Crippen LogP) is 3.54. The molecule has 1 aromatic rings. The van der Waals surface area contributed by atoms with E-state index in [0.717, 1.165) is 18.4 Å². The van der Waals surface area contributed by atoms with Gasteiger partial charge in [0, 0.05) is 23.9 Å². The van der Waals surface area contributed by atoms with Crippen LogP contribution in [0, 0.1) is 5.92 Å². The van der Waals surface area contributed by atoms with Gasteiger partial charge in [-0.3, -0.25) is 0 Å². The molecular weight excluding hydrogens is 216 g/mol. The van der Waals surface area contributed by atoms with Gasteiger partial charge in [0.15, 0.2) is 0 Å². The van der Waals surface area contributed by atoms with E-state index < -0.39 is 0 Å². The van der Waals surface area contributed by atoms with E-state index in [0.29, 0.717) is 6.04 Å². The molecule has 1 aromatic heterocycles. The molecule has 90 valence electrons. The topological polar surface area (TPSA) is 24.9 Å². The molecule has 3 heteroatoms. The summed E-state index contributed by atoms with van der Waals surface area (Å²) in [5, 5.41) is 7.13. The zero-order valence-corrected chi connectivity index (χ0v) is 11.3. The highest BCUT2D eigenvalue weighted by Crippen LogP contribution is 2.41. The molecule has 0 spiro atoms. The first-order chi connectivity index (χ1) is 7.70. The second-order valence-electron chi connectivity index (χ2n) is 5.01. The molecule has 2 unspecified atom stereocenters. The largest absolute Gasteiger partial charge is 0.308 e. The van der Waals surface area contributed by atoms with Crippen molar-refractivity contribution in [2.75, 3.05) is 0 Å². The fourth-order valence-corrected chi connectivity index (χ4v) is 2.73. The van der Waals surface area contributed by atoms with Gasteiger partial charge >= 0.3 is 0 Å². The maximum atomic E-state index is 4.69. The molecule has 2 nitrogen and oxygen atoms in total. The minimum absolute atomic E-state index is 0.580. The van der Waals surface area contributed by atoms with E-state index in [4.69, 9.17) is 0 Å². The van der Waals surface area contributed by atoms with Gasteiger partial charge in [0.25, 0.3) is 0 Å². The third-order valence-electron chi connectivity index (χ3n) is 3.60. The van der Waals surface area contributed by atoms with E-state index in [1.54, 1.807) is 0 Å². The standard InChI is InChI=1S/C13H22N2S/c1-4-9(2)10(3)14-7-12-8-16-13(15-12)11-5-6-11/h8-11,14H,4-7H2,1-3H3. The Hall–Kier alpha value is -0.410. The van der Waals surface area contributed by atoms with Gasteiger partial charge in [-0.25, -0.2) is 4.98 Å². The van der Waals surface area contributed by atoms with E-state index in [2.05, 4.69) is 36.5 Å². The summed E-state index contributed by atoms with van der Waals surface area (Å²) in [6.07, 6.45) is 3.94. The number of hydrogen-bond acceptors (Lipinski definition) is 3. The van der Waals surface area contributed by atoms with Gasteiger partial charge < -0.3 is 5.32 Å². The summed E-state index contributed by atoms with van der Waals surface area (Å²) < 4.78 is 0. The van der Waals surface area contributed by atoms with E-state index in [1.807, 2.05) is 11.3 Å². The van der Waals surface area contributed by atoms with Crippen molar-refractivity contribution in [1.29, 1.82) is 0 Å². The Morgan fingerprint density at radius 3 is 2.88 bits per heavy atom. The molecule has 1 aliphatic carbocycles. The smallest absolute Gasteiger partial charge is 0.0959 e. The van der Waals surface area contributed by atoms with Crippen molar-refractivity contribution in [3.63, 3.8) is 0 Å². The zero-order chi connectivity index (χ0) is 11.5. The van der Waals surface area contributed by atoms with Crippen LogP contribution >= 0.6 is 11.3 Å². The van der Waals surface area contributed by atoms with E-state index in [1.165, 1.54) is 30.0 Å². The second kappa shape index (κ2) is 5.28. The summed E-state index contributed by atoms with van der Waals surface area (Å²) in [5.41, 5.74) is 1.22. The maximum absolute atomic E-state index is 4.69. The Morgan fingerprint density at radius 1 is 1.50 bits per heavy atom. The average Bonchev–Trinajstić information content (AvgIpc) is 3.05. The predicted molar refractivity (Wildman–Crippen MR) is 69.8 cm³/mol. The SMILES string of the molecule is CCC(C)C(C)NCc1csc(C2CC2)n1. The third-order valence-corrected chi connectivity index (χ3v) is 4.65. The third kappa shape index (κ3) is 3.05. The van der Waals surface area contributed by atoms with Gasteiger partial charge in [0.2, 0.25) is 0 Å². The molecule has 0 amide bonds. The average molecular weight is 238 g/mol. The van der Waals surface area contributed by atoms with Crippen LogP contribution in [-0.4, -0.2) is 11.0 Å². The first kappa shape index (κ1) is 12.1. The van der Waals surface area contributed by atoms with Gasteiger partial charge in [-0.05, 0) is 25.7 Å². The molecule has 2 rings (SSSR count). The molecule has 1 heterocycles. The van der Waals surface area contributed by atoms with Crippen molar-refractivity contribution >= 4 is 11.3 Å². The molecule has 1 saturated carbocycles. The molecule has 16 heavy (non-hydrogen) atoms. The van der Waals surface area contributed by atoms with Crippen molar-refractivity contribution in [2.45, 2.75) is 58.5 Å². The minimum Gasteiger partial charge on any atom is -0.308 e. The lowest BCUT2D eigenvalue weighted by molar-refractivity contribution is 0.388. The lowest BCUT2D eigenvalue weighted by Crippen LogP contribution is -2.31. The van der Waals surface area contributed by atoms with Gasteiger partial charge in [0.1, 0.15) is 0 Å². The Labute approximate surface area is 102 Å². The molecule has 0 saturated heterocycles. The first-order valence-corrected chi connectivity index (χ1v) is 7.26. The summed E-state index contributed by atoms with van der Waals surface area (Å²) in [5.74, 6) is 1.53. The van der Waals surface area contributed by atoms with Crippen LogP contribution in [0.5, 0.6) is 0 Å². The maximum Gasteiger partial charge on any atom is 0.0959 e. The fraction of sp³-hybridized carbons (Fsp3) is 0.769. The molecule has 1 aliphatic rings. The molecule has 1 N–H and O–H groups in total. The van der Waals surface area contributed by atoms with Crippen molar-refractivity contribution in [2.24, 2.45) is 5.92 Å². The van der Waals surface area contributed by atoms with Gasteiger partial charge in [0.05, 0.1) is 10.7 Å². The molecule has 0 bridgehead atoms. The summed E-state index contributed by atoms with van der Waals surface area (Å²) in [7, 11) is 0. The highest BCUT2D eigenvalue weighted by molar-refractivity contribution is 7.09. The summed E-state index contributed by atoms with van der Waals surface area (Å²) >= 11 is 1.83. The van der Waals surface area contributed by atoms with Crippen LogP contribution in [-0.2, 0) is 6.54 Å². The lowest BCUT2D eigenvalue weighted by Gasteiger charge is -2.19. The Kier molecular flexibility index (Phi) is 3.98. The number of nitrogens with one attached hydrogen (secondary N) is 1. The van der Waals surface area contributed by atoms with Gasteiger partial charge in [-0.15, -0.1) is 11.3 Å². The Balaban J connectivity index is 1.79. The summed E-state index contributed by atoms with van der Waals surface area (Å²) in [4.78, 5) is 4.69. The number of nitrogens with zero attached hydrogens (tertiary/aromatic N) is 1. The molecule has 1 fully saturated rings. The molecule has 0 aliphatic heterocycles. The van der Waals surface area contributed by atoms with Crippen molar-refractivity contribution < 1.29 is 0 Å². The number of rotatable bonds is 6. The van der Waals surface area contributed by atoms with Crippen LogP contribution in [0.15, 0.2) is 5.38 Å². The highest BCUT2D eigenvalue weighted by Gasteiger charge is 2.26. The van der Waals surface area contributed by atoms with Gasteiger partial charge in [-0.2, -0.15) is 0 Å². The quantitative estimate of drug-likeness (QED) is 0.820. The highest BCUT2D eigenvalue weighted by atomic mass is 32.1. The van der Waals surface area contributed by atoms with E-state index in [-0.39, 0.29) is 0 Å². The summed E-state index contributed by atoms with van der Waals surface area (Å²) in [6.45, 7) is 7.74. The second-order valence-corrected chi connectivity index (χ2v) is 5.90. The number of aromatic nitrogens is 1. The monoisotopic (exact) mass is 238 g/mol. The van der Waals surface area contributed by atoms with Crippen molar-refractivity contribution in [3.8, 4) is 0 Å². The number of hydrogen-bond donors (Lipinski definition) is 1. The summed E-state index contributed by atoms with van der Waals surface area (Å²) in [6, 6.07) is 0.580. The number of thiazole rings is 1. The van der Waals surface area contributed by atoms with Crippen LogP contribution in [0.4, 0.5) is 0 Å². The Morgan fingerprint density at radius 2 is 2.25 bits per heavy atom. The minimum atomic E-state index is 0.580. The van der Waals surface area contributed by atoms with Crippen LogP contribution in [0.2, 0.25) is 0 Å². The van der Waals surface area contributed by atoms with E-state index in [9.17, 15) is 0 Å². The van der Waals surface area contributed by atoms with E-state index >= 15 is 0 Å². The van der Waals surface area contributed by atoms with Crippen LogP contribution in [0.1, 0.15) is 56.7 Å². The van der Waals surface area contributed by atoms with Crippen LogP contribution < -0.4 is 5.32 Å².